The number of amides is 1. The van der Waals surface area contributed by atoms with Crippen LogP contribution in [0.2, 0.25) is 0 Å². The molecule has 1 fully saturated rings. The molecule has 6 nitrogen and oxygen atoms in total. The minimum atomic E-state index is -0.902. The van der Waals surface area contributed by atoms with E-state index in [-0.39, 0.29) is 23.8 Å². The lowest BCUT2D eigenvalue weighted by atomic mass is 9.83. The molecular formula is C17H30N2O4. The van der Waals surface area contributed by atoms with Gasteiger partial charge in [-0.1, -0.05) is 38.8 Å². The Hall–Kier alpha value is -1.40. The molecule has 4 N–H and O–H groups in total. The standard InChI is InChI=1S/C17H30N2O4/c1-5-8-12-9-13(17(22)23)19-14(12)15(18-10(4)20)16(21)11(6-2)7-3/h5,8,11-16,19,21H,6-7,9H2,1-4H3,(H,18,20)(H,22,23)/b8-5-/t12-,13-,14-,15-,16+/m1/s1. The Morgan fingerprint density at radius 2 is 1.96 bits per heavy atom. The van der Waals surface area contributed by atoms with E-state index in [0.717, 1.165) is 12.8 Å². The van der Waals surface area contributed by atoms with Gasteiger partial charge >= 0.3 is 5.97 Å². The molecule has 0 saturated carbocycles. The van der Waals surface area contributed by atoms with Crippen molar-refractivity contribution in [1.82, 2.24) is 10.6 Å². The largest absolute Gasteiger partial charge is 0.480 e. The highest BCUT2D eigenvalue weighted by Crippen LogP contribution is 2.29. The van der Waals surface area contributed by atoms with Gasteiger partial charge in [-0.05, 0) is 25.2 Å². The van der Waals surface area contributed by atoms with E-state index >= 15 is 0 Å². The zero-order chi connectivity index (χ0) is 17.6. The molecule has 0 aromatic rings. The van der Waals surface area contributed by atoms with Gasteiger partial charge in [-0.15, -0.1) is 0 Å². The van der Waals surface area contributed by atoms with Gasteiger partial charge in [0.15, 0.2) is 0 Å². The first kappa shape index (κ1) is 19.6. The molecule has 1 aliphatic heterocycles. The maximum absolute atomic E-state index is 11.6. The van der Waals surface area contributed by atoms with E-state index in [4.69, 9.17) is 0 Å². The zero-order valence-corrected chi connectivity index (χ0v) is 14.5. The van der Waals surface area contributed by atoms with Crippen LogP contribution in [0.15, 0.2) is 12.2 Å². The molecule has 0 spiro atoms. The van der Waals surface area contributed by atoms with E-state index in [1.165, 1.54) is 6.92 Å². The smallest absolute Gasteiger partial charge is 0.320 e. The van der Waals surface area contributed by atoms with Gasteiger partial charge in [-0.25, -0.2) is 0 Å². The van der Waals surface area contributed by atoms with E-state index in [9.17, 15) is 19.8 Å². The lowest BCUT2D eigenvalue weighted by Crippen LogP contribution is -2.58. The molecule has 0 aromatic heterocycles. The van der Waals surface area contributed by atoms with Crippen molar-refractivity contribution in [1.29, 1.82) is 0 Å². The number of carbonyl (C=O) groups excluding carboxylic acids is 1. The number of aliphatic carboxylic acids is 1. The zero-order valence-electron chi connectivity index (χ0n) is 14.5. The predicted octanol–water partition coefficient (Wildman–Crippen LogP) is 1.30. The van der Waals surface area contributed by atoms with Gasteiger partial charge in [0.1, 0.15) is 6.04 Å². The Morgan fingerprint density at radius 3 is 2.39 bits per heavy atom. The number of aliphatic hydroxyl groups excluding tert-OH is 1. The van der Waals surface area contributed by atoms with E-state index in [1.54, 1.807) is 0 Å². The fourth-order valence-corrected chi connectivity index (χ4v) is 3.52. The van der Waals surface area contributed by atoms with Crippen LogP contribution in [0.3, 0.4) is 0 Å². The molecule has 1 heterocycles. The van der Waals surface area contributed by atoms with Gasteiger partial charge in [0.05, 0.1) is 12.1 Å². The summed E-state index contributed by atoms with van der Waals surface area (Å²) in [7, 11) is 0. The van der Waals surface area contributed by atoms with Crippen LogP contribution in [0.25, 0.3) is 0 Å². The van der Waals surface area contributed by atoms with Crippen LogP contribution in [-0.2, 0) is 9.59 Å². The van der Waals surface area contributed by atoms with Gasteiger partial charge < -0.3 is 15.5 Å². The summed E-state index contributed by atoms with van der Waals surface area (Å²) < 4.78 is 0. The number of nitrogens with one attached hydrogen (secondary N) is 2. The summed E-state index contributed by atoms with van der Waals surface area (Å²) in [5.74, 6) is -1.11. The SMILES string of the molecule is C/C=C\[C@@H]1C[C@H](C(=O)O)N[C@H]1[C@@H](NC(C)=O)[C@@H](O)C(CC)CC. The van der Waals surface area contributed by atoms with Crippen molar-refractivity contribution in [2.24, 2.45) is 11.8 Å². The minimum absolute atomic E-state index is 0.0398. The predicted molar refractivity (Wildman–Crippen MR) is 89.0 cm³/mol. The Labute approximate surface area is 138 Å². The van der Waals surface area contributed by atoms with Crippen LogP contribution in [0.5, 0.6) is 0 Å². The summed E-state index contributed by atoms with van der Waals surface area (Å²) in [5, 5.41) is 26.0. The maximum Gasteiger partial charge on any atom is 0.320 e. The summed E-state index contributed by atoms with van der Waals surface area (Å²) in [6.07, 6.45) is 5.18. The van der Waals surface area contributed by atoms with Gasteiger partial charge in [-0.2, -0.15) is 0 Å². The van der Waals surface area contributed by atoms with E-state index in [1.807, 2.05) is 32.9 Å². The Morgan fingerprint density at radius 1 is 1.35 bits per heavy atom. The second-order valence-electron chi connectivity index (χ2n) is 6.30. The molecule has 1 amide bonds. The number of hydrogen-bond donors (Lipinski definition) is 4. The van der Waals surface area contributed by atoms with Crippen LogP contribution in [0.4, 0.5) is 0 Å². The van der Waals surface area contributed by atoms with Crippen LogP contribution in [0.1, 0.15) is 47.0 Å². The molecular weight excluding hydrogens is 296 g/mol. The average Bonchev–Trinajstić information content (AvgIpc) is 2.90. The minimum Gasteiger partial charge on any atom is -0.480 e. The molecule has 1 aliphatic rings. The molecule has 0 aliphatic carbocycles. The number of carbonyl (C=O) groups is 2. The summed E-state index contributed by atoms with van der Waals surface area (Å²) in [6, 6.07) is -1.47. The van der Waals surface area contributed by atoms with Gasteiger partial charge in [0, 0.05) is 13.0 Å². The molecule has 5 atom stereocenters. The van der Waals surface area contributed by atoms with E-state index in [2.05, 4.69) is 10.6 Å². The lowest BCUT2D eigenvalue weighted by Gasteiger charge is -2.35. The maximum atomic E-state index is 11.6. The van der Waals surface area contributed by atoms with Crippen LogP contribution < -0.4 is 10.6 Å². The van der Waals surface area contributed by atoms with Crippen molar-refractivity contribution < 1.29 is 19.8 Å². The second kappa shape index (κ2) is 9.03. The number of carboxylic acid groups (broad SMARTS) is 1. The summed E-state index contributed by atoms with van der Waals surface area (Å²) >= 11 is 0. The molecule has 23 heavy (non-hydrogen) atoms. The van der Waals surface area contributed by atoms with Crippen LogP contribution in [0, 0.1) is 11.8 Å². The first-order valence-electron chi connectivity index (χ1n) is 8.42. The molecule has 0 unspecified atom stereocenters. The number of hydrogen-bond acceptors (Lipinski definition) is 4. The highest BCUT2D eigenvalue weighted by atomic mass is 16.4. The summed E-state index contributed by atoms with van der Waals surface area (Å²) in [6.45, 7) is 7.32. The lowest BCUT2D eigenvalue weighted by molar-refractivity contribution is -0.139. The monoisotopic (exact) mass is 326 g/mol. The van der Waals surface area contributed by atoms with Crippen LogP contribution >= 0.6 is 0 Å². The number of rotatable bonds is 8. The van der Waals surface area contributed by atoms with Crippen LogP contribution in [-0.4, -0.2) is 46.3 Å². The molecule has 6 heteroatoms. The van der Waals surface area contributed by atoms with Gasteiger partial charge in [0.25, 0.3) is 0 Å². The molecule has 1 saturated heterocycles. The molecule has 0 bridgehead atoms. The third kappa shape index (κ3) is 5.04. The van der Waals surface area contributed by atoms with E-state index in [0.29, 0.717) is 6.42 Å². The summed E-state index contributed by atoms with van der Waals surface area (Å²) in [5.41, 5.74) is 0. The van der Waals surface area contributed by atoms with Crippen molar-refractivity contribution in [3.63, 3.8) is 0 Å². The topological polar surface area (TPSA) is 98.7 Å². The van der Waals surface area contributed by atoms with Gasteiger partial charge in [-0.3, -0.25) is 14.9 Å². The fourth-order valence-electron chi connectivity index (χ4n) is 3.52. The number of carboxylic acids is 1. The average molecular weight is 326 g/mol. The van der Waals surface area contributed by atoms with Crippen molar-refractivity contribution in [2.45, 2.75) is 71.2 Å². The Balaban J connectivity index is 3.07. The molecule has 0 aromatic carbocycles. The van der Waals surface area contributed by atoms with Gasteiger partial charge in [0.2, 0.25) is 5.91 Å². The third-order valence-corrected chi connectivity index (χ3v) is 4.76. The fraction of sp³-hybridized carbons (Fsp3) is 0.765. The quantitative estimate of drug-likeness (QED) is 0.504. The van der Waals surface area contributed by atoms with Crippen molar-refractivity contribution in [2.75, 3.05) is 0 Å². The number of allylic oxidation sites excluding steroid dienone is 1. The number of aliphatic hydroxyl groups is 1. The first-order chi connectivity index (χ1) is 10.8. The molecule has 0 radical (unpaired) electrons. The van der Waals surface area contributed by atoms with Crippen molar-refractivity contribution >= 4 is 11.9 Å². The third-order valence-electron chi connectivity index (χ3n) is 4.76. The first-order valence-corrected chi connectivity index (χ1v) is 8.42. The summed E-state index contributed by atoms with van der Waals surface area (Å²) in [4.78, 5) is 22.9. The van der Waals surface area contributed by atoms with E-state index < -0.39 is 24.2 Å². The second-order valence-corrected chi connectivity index (χ2v) is 6.30. The Bertz CT molecular complexity index is 434. The highest BCUT2D eigenvalue weighted by molar-refractivity contribution is 5.75. The normalized spacial score (nSPS) is 27.3. The highest BCUT2D eigenvalue weighted by Gasteiger charge is 2.43. The van der Waals surface area contributed by atoms with Crippen molar-refractivity contribution in [3.05, 3.63) is 12.2 Å². The molecule has 132 valence electrons. The Kier molecular flexibility index (Phi) is 7.72. The molecule has 1 rings (SSSR count). The van der Waals surface area contributed by atoms with Crippen molar-refractivity contribution in [3.8, 4) is 0 Å².